The van der Waals surface area contributed by atoms with E-state index in [0.29, 0.717) is 39.4 Å². The molecule has 4 aromatic rings. The summed E-state index contributed by atoms with van der Waals surface area (Å²) in [6.07, 6.45) is 6.87. The molecule has 4 rings (SSSR count). The second kappa shape index (κ2) is 9.57. The molecule has 1 N–H and O–H groups in total. The van der Waals surface area contributed by atoms with Crippen molar-refractivity contribution in [3.63, 3.8) is 0 Å². The van der Waals surface area contributed by atoms with Crippen LogP contribution in [-0.4, -0.2) is 27.6 Å². The lowest BCUT2D eigenvalue weighted by molar-refractivity contribution is 0.622. The fourth-order valence-electron chi connectivity index (χ4n) is 4.03. The number of anilines is 1. The van der Waals surface area contributed by atoms with Crippen LogP contribution >= 0.6 is 11.6 Å². The minimum atomic E-state index is -0.309. The number of rotatable bonds is 8. The number of nitrogens with one attached hydrogen (secondary N) is 1. The zero-order valence-electron chi connectivity index (χ0n) is 18.2. The zero-order valence-corrected chi connectivity index (χ0v) is 19.0. The lowest BCUT2D eigenvalue weighted by Crippen LogP contribution is -2.26. The van der Waals surface area contributed by atoms with E-state index in [1.165, 1.54) is 6.07 Å². The van der Waals surface area contributed by atoms with Gasteiger partial charge >= 0.3 is 0 Å². The number of fused-ring (bicyclic) bond motifs is 1. The summed E-state index contributed by atoms with van der Waals surface area (Å²) in [6.45, 7) is 6.09. The highest BCUT2D eigenvalue weighted by Gasteiger charge is 2.19. The number of aromatic nitrogens is 3. The molecule has 3 heterocycles. The maximum absolute atomic E-state index is 15.7. The number of pyridine rings is 2. The summed E-state index contributed by atoms with van der Waals surface area (Å²) in [5.41, 5.74) is 3.02. The van der Waals surface area contributed by atoms with Crippen molar-refractivity contribution in [2.24, 2.45) is 0 Å². The predicted molar refractivity (Wildman–Crippen MR) is 129 cm³/mol. The number of nitrogens with zero attached hydrogens (tertiary/aromatic N) is 3. The highest BCUT2D eigenvalue weighted by atomic mass is 35.5. The van der Waals surface area contributed by atoms with E-state index in [0.717, 1.165) is 31.5 Å². The molecule has 0 aliphatic carbocycles. The van der Waals surface area contributed by atoms with Gasteiger partial charge in [0.15, 0.2) is 5.82 Å². The van der Waals surface area contributed by atoms with E-state index in [-0.39, 0.29) is 11.4 Å². The minimum Gasteiger partial charge on any atom is -0.368 e. The second-order valence-corrected chi connectivity index (χ2v) is 8.32. The molecule has 0 fully saturated rings. The number of hydrogen-bond acceptors (Lipinski definition) is 3. The first-order valence-corrected chi connectivity index (χ1v) is 11.3. The Kier molecular flexibility index (Phi) is 6.61. The van der Waals surface area contributed by atoms with Crippen molar-refractivity contribution in [3.05, 3.63) is 81.7 Å². The van der Waals surface area contributed by atoms with Gasteiger partial charge in [0.1, 0.15) is 5.65 Å². The summed E-state index contributed by atoms with van der Waals surface area (Å²) in [7, 11) is 0. The van der Waals surface area contributed by atoms with E-state index in [4.69, 9.17) is 11.6 Å². The SMILES string of the molecule is CCCN(CCC)c1cnc2[nH]cc(-c3ccn(Cc4cccc(Cl)c4)c(=O)c3)c2c1F. The summed E-state index contributed by atoms with van der Waals surface area (Å²) in [5, 5.41) is 1.04. The van der Waals surface area contributed by atoms with Crippen molar-refractivity contribution in [2.45, 2.75) is 33.2 Å². The predicted octanol–water partition coefficient (Wildman–Crippen LogP) is 5.86. The summed E-state index contributed by atoms with van der Waals surface area (Å²) < 4.78 is 17.3. The minimum absolute atomic E-state index is 0.167. The van der Waals surface area contributed by atoms with E-state index in [9.17, 15) is 4.79 Å². The van der Waals surface area contributed by atoms with E-state index >= 15 is 4.39 Å². The van der Waals surface area contributed by atoms with Gasteiger partial charge < -0.3 is 14.5 Å². The van der Waals surface area contributed by atoms with Gasteiger partial charge in [-0.15, -0.1) is 0 Å². The molecular weight excluding hydrogens is 427 g/mol. The molecule has 0 atom stereocenters. The Morgan fingerprint density at radius 1 is 1.16 bits per heavy atom. The highest BCUT2D eigenvalue weighted by Crippen LogP contribution is 2.33. The van der Waals surface area contributed by atoms with Crippen LogP contribution in [0.25, 0.3) is 22.2 Å². The van der Waals surface area contributed by atoms with Gasteiger partial charge in [-0.3, -0.25) is 4.79 Å². The first-order chi connectivity index (χ1) is 15.5. The van der Waals surface area contributed by atoms with Crippen LogP contribution in [0.4, 0.5) is 10.1 Å². The number of aromatic amines is 1. The Labute approximate surface area is 191 Å². The number of benzene rings is 1. The van der Waals surface area contributed by atoms with Crippen LogP contribution in [0.1, 0.15) is 32.3 Å². The van der Waals surface area contributed by atoms with E-state index in [2.05, 4.69) is 23.8 Å². The molecule has 0 spiro atoms. The second-order valence-electron chi connectivity index (χ2n) is 7.88. The molecule has 0 amide bonds. The average Bonchev–Trinajstić information content (AvgIpc) is 3.21. The number of halogens is 2. The van der Waals surface area contributed by atoms with Crippen molar-refractivity contribution in [3.8, 4) is 11.1 Å². The fraction of sp³-hybridized carbons (Fsp3) is 0.280. The van der Waals surface area contributed by atoms with Crippen molar-refractivity contribution < 1.29 is 4.39 Å². The molecule has 3 aromatic heterocycles. The van der Waals surface area contributed by atoms with Crippen LogP contribution in [0.15, 0.2) is 59.8 Å². The molecule has 0 radical (unpaired) electrons. The van der Waals surface area contributed by atoms with Gasteiger partial charge in [-0.2, -0.15) is 0 Å². The van der Waals surface area contributed by atoms with Crippen LogP contribution in [0.2, 0.25) is 5.02 Å². The highest BCUT2D eigenvalue weighted by molar-refractivity contribution is 6.30. The standard InChI is InChI=1S/C25H26ClFN4O/c1-3-9-30(10-4-2)21-15-29-25-23(24(21)27)20(14-28-25)18-8-11-31(22(32)13-18)16-17-6-5-7-19(26)12-17/h5-8,11-15H,3-4,9-10,16H2,1-2H3,(H,28,29). The number of H-pyrrole nitrogens is 1. The molecule has 0 aliphatic heterocycles. The van der Waals surface area contributed by atoms with Crippen molar-refractivity contribution in [2.75, 3.05) is 18.0 Å². The molecule has 0 aliphatic rings. The third-order valence-electron chi connectivity index (χ3n) is 5.50. The van der Waals surface area contributed by atoms with E-state index < -0.39 is 0 Å². The third-order valence-corrected chi connectivity index (χ3v) is 5.73. The Morgan fingerprint density at radius 2 is 1.94 bits per heavy atom. The molecule has 5 nitrogen and oxygen atoms in total. The van der Waals surface area contributed by atoms with E-state index in [1.54, 1.807) is 29.2 Å². The van der Waals surface area contributed by atoms with Gasteiger partial charge in [0.05, 0.1) is 23.8 Å². The van der Waals surface area contributed by atoms with Crippen LogP contribution in [0.5, 0.6) is 0 Å². The topological polar surface area (TPSA) is 53.9 Å². The Balaban J connectivity index is 1.72. The maximum atomic E-state index is 15.7. The Morgan fingerprint density at radius 3 is 2.62 bits per heavy atom. The fourth-order valence-corrected chi connectivity index (χ4v) is 4.24. The van der Waals surface area contributed by atoms with E-state index in [1.807, 2.05) is 29.2 Å². The molecule has 0 saturated heterocycles. The van der Waals surface area contributed by atoms with Gasteiger partial charge in [0.25, 0.3) is 5.56 Å². The van der Waals surface area contributed by atoms with Gasteiger partial charge in [-0.1, -0.05) is 37.6 Å². The van der Waals surface area contributed by atoms with Crippen molar-refractivity contribution in [1.82, 2.24) is 14.5 Å². The van der Waals surface area contributed by atoms with Gasteiger partial charge in [0, 0.05) is 42.1 Å². The lowest BCUT2D eigenvalue weighted by Gasteiger charge is -2.24. The van der Waals surface area contributed by atoms with Gasteiger partial charge in [-0.05, 0) is 42.2 Å². The van der Waals surface area contributed by atoms with Crippen LogP contribution in [-0.2, 0) is 6.54 Å². The molecule has 0 bridgehead atoms. The largest absolute Gasteiger partial charge is 0.368 e. The quantitative estimate of drug-likeness (QED) is 0.364. The smallest absolute Gasteiger partial charge is 0.251 e. The molecule has 0 saturated carbocycles. The first-order valence-electron chi connectivity index (χ1n) is 10.9. The van der Waals surface area contributed by atoms with Crippen LogP contribution in [0, 0.1) is 5.82 Å². The maximum Gasteiger partial charge on any atom is 0.251 e. The average molecular weight is 453 g/mol. The molecule has 32 heavy (non-hydrogen) atoms. The summed E-state index contributed by atoms with van der Waals surface area (Å²) in [4.78, 5) is 22.3. The van der Waals surface area contributed by atoms with Crippen molar-refractivity contribution >= 4 is 28.3 Å². The van der Waals surface area contributed by atoms with Crippen LogP contribution < -0.4 is 10.5 Å². The molecule has 1 aromatic carbocycles. The summed E-state index contributed by atoms with van der Waals surface area (Å²) in [6, 6.07) is 10.8. The van der Waals surface area contributed by atoms with Gasteiger partial charge in [0.2, 0.25) is 0 Å². The van der Waals surface area contributed by atoms with Crippen molar-refractivity contribution in [1.29, 1.82) is 0 Å². The molecule has 7 heteroatoms. The monoisotopic (exact) mass is 452 g/mol. The number of hydrogen-bond donors (Lipinski definition) is 1. The van der Waals surface area contributed by atoms with Crippen LogP contribution in [0.3, 0.4) is 0 Å². The summed E-state index contributed by atoms with van der Waals surface area (Å²) in [5.74, 6) is -0.309. The molecule has 0 unspecified atom stereocenters. The summed E-state index contributed by atoms with van der Waals surface area (Å²) >= 11 is 6.05. The molecular formula is C25H26ClFN4O. The van der Waals surface area contributed by atoms with Gasteiger partial charge in [-0.25, -0.2) is 9.37 Å². The third kappa shape index (κ3) is 4.41. The Hall–Kier alpha value is -3.12. The zero-order chi connectivity index (χ0) is 22.7. The Bertz CT molecular complexity index is 1290. The lowest BCUT2D eigenvalue weighted by atomic mass is 10.1. The molecule has 166 valence electrons. The normalized spacial score (nSPS) is 11.2. The first kappa shape index (κ1) is 22.1.